The summed E-state index contributed by atoms with van der Waals surface area (Å²) in [5.41, 5.74) is 0. The van der Waals surface area contributed by atoms with E-state index in [4.69, 9.17) is 18.9 Å². The van der Waals surface area contributed by atoms with Crippen LogP contribution in [0.4, 0.5) is 0 Å². The van der Waals surface area contributed by atoms with Crippen LogP contribution in [0.2, 0.25) is 0 Å². The zero-order valence-electron chi connectivity index (χ0n) is 35.1. The molecule has 0 amide bonds. The van der Waals surface area contributed by atoms with Crippen LogP contribution in [0.25, 0.3) is 0 Å². The summed E-state index contributed by atoms with van der Waals surface area (Å²) in [5, 5.41) is 30.8. The molecular formula is C45H74O12S. The van der Waals surface area contributed by atoms with Crippen LogP contribution >= 0.6 is 0 Å². The Hall–Kier alpha value is -2.91. The molecule has 1 saturated heterocycles. The van der Waals surface area contributed by atoms with Crippen LogP contribution in [0.1, 0.15) is 142 Å². The summed E-state index contributed by atoms with van der Waals surface area (Å²) < 4.78 is 53.8. The minimum absolute atomic E-state index is 0.0357. The Bertz CT molecular complexity index is 1350. The number of aliphatic hydroxyl groups excluding tert-OH is 3. The molecule has 1 aliphatic heterocycles. The first kappa shape index (κ1) is 53.1. The van der Waals surface area contributed by atoms with Gasteiger partial charge < -0.3 is 34.3 Å². The summed E-state index contributed by atoms with van der Waals surface area (Å²) in [5.74, 6) is -2.11. The maximum absolute atomic E-state index is 12.8. The number of aliphatic hydroxyl groups is 3. The number of unbranched alkanes of at least 4 members (excludes halogenated alkanes) is 10. The number of esters is 2. The maximum atomic E-state index is 12.8. The first-order valence-corrected chi connectivity index (χ1v) is 23.1. The normalized spacial score (nSPS) is 21.1. The van der Waals surface area contributed by atoms with Gasteiger partial charge in [0.25, 0.3) is 10.1 Å². The van der Waals surface area contributed by atoms with Gasteiger partial charge in [0.1, 0.15) is 36.8 Å². The lowest BCUT2D eigenvalue weighted by Gasteiger charge is -2.40. The predicted molar refractivity (Wildman–Crippen MR) is 228 cm³/mol. The topological polar surface area (TPSA) is 186 Å². The Labute approximate surface area is 348 Å². The van der Waals surface area contributed by atoms with E-state index >= 15 is 0 Å². The van der Waals surface area contributed by atoms with Crippen LogP contribution in [0.5, 0.6) is 0 Å². The quantitative estimate of drug-likeness (QED) is 0.0210. The van der Waals surface area contributed by atoms with Crippen molar-refractivity contribution >= 4 is 22.1 Å². The molecule has 2 unspecified atom stereocenters. The van der Waals surface area contributed by atoms with Gasteiger partial charge in [-0.3, -0.25) is 14.1 Å². The summed E-state index contributed by atoms with van der Waals surface area (Å²) in [6.07, 6.45) is 34.0. The van der Waals surface area contributed by atoms with Crippen molar-refractivity contribution in [1.29, 1.82) is 0 Å². The summed E-state index contributed by atoms with van der Waals surface area (Å²) in [6.45, 7) is 3.60. The lowest BCUT2D eigenvalue weighted by molar-refractivity contribution is -0.297. The number of allylic oxidation sites excluding steroid dienone is 12. The molecule has 0 spiro atoms. The number of carbonyl (C=O) groups is 2. The van der Waals surface area contributed by atoms with Gasteiger partial charge in [-0.05, 0) is 70.6 Å². The van der Waals surface area contributed by atoms with E-state index in [9.17, 15) is 37.9 Å². The zero-order chi connectivity index (χ0) is 42.7. The van der Waals surface area contributed by atoms with Crippen LogP contribution < -0.4 is 0 Å². The van der Waals surface area contributed by atoms with E-state index in [-0.39, 0.29) is 19.4 Å². The van der Waals surface area contributed by atoms with Gasteiger partial charge in [0, 0.05) is 12.8 Å². The minimum atomic E-state index is -4.61. The summed E-state index contributed by atoms with van der Waals surface area (Å²) >= 11 is 0. The van der Waals surface area contributed by atoms with Crippen molar-refractivity contribution < 1.29 is 56.8 Å². The molecule has 58 heavy (non-hydrogen) atoms. The molecule has 0 aromatic carbocycles. The van der Waals surface area contributed by atoms with Gasteiger partial charge in [-0.1, -0.05) is 132 Å². The van der Waals surface area contributed by atoms with E-state index in [1.165, 1.54) is 32.1 Å². The van der Waals surface area contributed by atoms with Crippen LogP contribution in [-0.2, 0) is 38.7 Å². The van der Waals surface area contributed by atoms with Gasteiger partial charge in [-0.2, -0.15) is 8.42 Å². The highest BCUT2D eigenvalue weighted by Crippen LogP contribution is 2.24. The van der Waals surface area contributed by atoms with Gasteiger partial charge in [-0.15, -0.1) is 0 Å². The van der Waals surface area contributed by atoms with E-state index in [0.29, 0.717) is 19.3 Å². The smallest absolute Gasteiger partial charge is 0.306 e. The second kappa shape index (κ2) is 34.9. The third-order valence-corrected chi connectivity index (χ3v) is 10.0. The van der Waals surface area contributed by atoms with E-state index in [1.54, 1.807) is 0 Å². The fourth-order valence-corrected chi connectivity index (χ4v) is 6.56. The first-order valence-electron chi connectivity index (χ1n) is 21.5. The van der Waals surface area contributed by atoms with Crippen molar-refractivity contribution in [2.24, 2.45) is 0 Å². The molecule has 0 bridgehead atoms. The number of carbonyl (C=O) groups excluding carboxylic acids is 2. The van der Waals surface area contributed by atoms with Crippen LogP contribution in [0, 0.1) is 0 Å². The first-order chi connectivity index (χ1) is 28.0. The molecule has 4 N–H and O–H groups in total. The highest BCUT2D eigenvalue weighted by atomic mass is 32.2. The van der Waals surface area contributed by atoms with Gasteiger partial charge >= 0.3 is 11.9 Å². The molecular weight excluding hydrogens is 765 g/mol. The van der Waals surface area contributed by atoms with Gasteiger partial charge in [0.15, 0.2) is 12.4 Å². The average molecular weight is 839 g/mol. The van der Waals surface area contributed by atoms with Crippen molar-refractivity contribution in [3.8, 4) is 0 Å². The summed E-state index contributed by atoms with van der Waals surface area (Å²) in [4.78, 5) is 25.3. The lowest BCUT2D eigenvalue weighted by Crippen LogP contribution is -2.60. The molecule has 0 saturated carbocycles. The number of ether oxygens (including phenoxy) is 4. The number of hydrogen-bond acceptors (Lipinski definition) is 11. The molecule has 13 heteroatoms. The third-order valence-electron chi connectivity index (χ3n) is 9.27. The predicted octanol–water partition coefficient (Wildman–Crippen LogP) is 8.33. The van der Waals surface area contributed by atoms with E-state index in [2.05, 4.69) is 68.5 Å². The summed E-state index contributed by atoms with van der Waals surface area (Å²) in [7, 11) is -4.61. The van der Waals surface area contributed by atoms with E-state index in [0.717, 1.165) is 64.2 Å². The van der Waals surface area contributed by atoms with Gasteiger partial charge in [0.2, 0.25) is 0 Å². The Balaban J connectivity index is 2.54. The van der Waals surface area contributed by atoms with Crippen molar-refractivity contribution in [1.82, 2.24) is 0 Å². The van der Waals surface area contributed by atoms with Gasteiger partial charge in [-0.25, -0.2) is 0 Å². The summed E-state index contributed by atoms with van der Waals surface area (Å²) in [6, 6.07) is 0. The highest BCUT2D eigenvalue weighted by molar-refractivity contribution is 7.85. The van der Waals surface area contributed by atoms with Gasteiger partial charge in [0.05, 0.1) is 6.61 Å². The molecule has 1 rings (SSSR count). The molecule has 12 nitrogen and oxygen atoms in total. The van der Waals surface area contributed by atoms with Crippen LogP contribution in [0.3, 0.4) is 0 Å². The highest BCUT2D eigenvalue weighted by Gasteiger charge is 2.46. The fraction of sp³-hybridized carbons (Fsp3) is 0.689. The van der Waals surface area contributed by atoms with Crippen LogP contribution in [-0.4, -0.2) is 96.0 Å². The Morgan fingerprint density at radius 2 is 1.09 bits per heavy atom. The molecule has 332 valence electrons. The van der Waals surface area contributed by atoms with E-state index in [1.807, 2.05) is 18.2 Å². The number of hydrogen-bond donors (Lipinski definition) is 4. The second-order valence-electron chi connectivity index (χ2n) is 14.6. The standard InChI is InChI=1S/C45H74O12S/c1-3-5-7-9-11-13-15-16-17-18-19-20-21-22-24-26-28-30-32-34-41(47)56-38(35-54-40(46)33-31-29-27-25-23-14-12-10-8-6-4-2)36-55-45-44(50)43(49)42(48)39(57-45)37-58(51,52)53/h10-13,16-17,19-20,22,24,28,30,38-39,42-45,48-50H,3-9,14-15,18,21,23,25-27,29,31-37H2,1-2H3,(H,51,52,53)/b12-10+,13-11+,17-16+,20-19+,24-22+,30-28+/t38-,39-,42-,43?,44?,45+/m1/s1. The second-order valence-corrected chi connectivity index (χ2v) is 16.1. The maximum Gasteiger partial charge on any atom is 0.306 e. The molecule has 0 aromatic rings. The van der Waals surface area contributed by atoms with E-state index < -0.39 is 71.2 Å². The van der Waals surface area contributed by atoms with Crippen molar-refractivity contribution in [2.75, 3.05) is 19.0 Å². The fourth-order valence-electron chi connectivity index (χ4n) is 5.87. The molecule has 0 radical (unpaired) electrons. The SMILES string of the molecule is CCCC/C=C/CCCCCCCC(=O)OC[C@H](CO[C@H]1O[C@H](CS(=O)(=O)O)[C@@H](O)C(O)C1O)OC(=O)CC/C=C/C/C=C/C/C=C/C/C=C/C/C=C/CCCCC. The minimum Gasteiger partial charge on any atom is -0.462 e. The van der Waals surface area contributed by atoms with Crippen molar-refractivity contribution in [3.63, 3.8) is 0 Å². The van der Waals surface area contributed by atoms with Crippen molar-refractivity contribution in [2.45, 2.75) is 179 Å². The largest absolute Gasteiger partial charge is 0.462 e. The lowest BCUT2D eigenvalue weighted by atomic mass is 10.00. The van der Waals surface area contributed by atoms with Crippen molar-refractivity contribution in [3.05, 3.63) is 72.9 Å². The zero-order valence-corrected chi connectivity index (χ0v) is 35.9. The Morgan fingerprint density at radius 1 is 0.586 bits per heavy atom. The third kappa shape index (κ3) is 29.3. The molecule has 6 atom stereocenters. The Kier molecular flexibility index (Phi) is 32.0. The van der Waals surface area contributed by atoms with Crippen LogP contribution in [0.15, 0.2) is 72.9 Å². The molecule has 0 aliphatic carbocycles. The average Bonchev–Trinajstić information content (AvgIpc) is 3.18. The molecule has 1 heterocycles. The molecule has 1 aliphatic rings. The molecule has 0 aromatic heterocycles. The molecule has 1 fully saturated rings. The monoisotopic (exact) mass is 838 g/mol. The Morgan fingerprint density at radius 3 is 1.67 bits per heavy atom. The number of rotatable bonds is 34.